The predicted molar refractivity (Wildman–Crippen MR) is 39.7 cm³/mol. The van der Waals surface area contributed by atoms with Crippen molar-refractivity contribution >= 4 is 10.7 Å². The molecule has 0 aromatic heterocycles. The lowest BCUT2D eigenvalue weighted by Gasteiger charge is -1.88. The molecule has 0 unspecified atom stereocenters. The zero-order chi connectivity index (χ0) is 8.27. The third kappa shape index (κ3) is 1.79. The van der Waals surface area contributed by atoms with Gasteiger partial charge in [-0.25, -0.2) is 8.42 Å². The van der Waals surface area contributed by atoms with Gasteiger partial charge in [0.2, 0.25) is 0 Å². The summed E-state index contributed by atoms with van der Waals surface area (Å²) in [4.78, 5) is 0.180. The van der Waals surface area contributed by atoms with Crippen LogP contribution in [0.15, 0.2) is 29.2 Å². The average Bonchev–Trinajstić information content (AvgIpc) is 2.05. The Hall–Kier alpha value is -1.34. The fourth-order valence-corrected chi connectivity index (χ4v) is 1.14. The van der Waals surface area contributed by atoms with Crippen LogP contribution in [0.1, 0.15) is 5.56 Å². The van der Waals surface area contributed by atoms with Crippen molar-refractivity contribution < 1.29 is 8.42 Å². The summed E-state index contributed by atoms with van der Waals surface area (Å²) in [7, 11) is -2.57. The minimum absolute atomic E-state index is 0.180. The molecule has 1 rings (SSSR count). The molecule has 0 aliphatic heterocycles. The second-order valence-corrected chi connectivity index (χ2v) is 2.95. The van der Waals surface area contributed by atoms with Gasteiger partial charge in [0.25, 0.3) is 0 Å². The van der Waals surface area contributed by atoms with Crippen molar-refractivity contribution in [3.8, 4) is 6.07 Å². The van der Waals surface area contributed by atoms with Gasteiger partial charge in [0, 0.05) is 0 Å². The Morgan fingerprint density at radius 2 is 2.09 bits per heavy atom. The van der Waals surface area contributed by atoms with Gasteiger partial charge in [-0.1, -0.05) is 6.07 Å². The van der Waals surface area contributed by atoms with E-state index in [2.05, 4.69) is 0 Å². The molecule has 0 bridgehead atoms. The SMILES string of the molecule is N#Cc1cccc([SH](=O)=O)c1. The van der Waals surface area contributed by atoms with E-state index in [1.54, 1.807) is 12.1 Å². The molecule has 11 heavy (non-hydrogen) atoms. The van der Waals surface area contributed by atoms with Crippen molar-refractivity contribution in [2.45, 2.75) is 4.90 Å². The Balaban J connectivity index is 3.24. The molecule has 0 atom stereocenters. The van der Waals surface area contributed by atoms with Crippen LogP contribution in [0.2, 0.25) is 0 Å². The van der Waals surface area contributed by atoms with Crippen LogP contribution in [0.3, 0.4) is 0 Å². The molecule has 0 spiro atoms. The lowest BCUT2D eigenvalue weighted by molar-refractivity contribution is 0.614. The highest BCUT2D eigenvalue weighted by Gasteiger charge is 1.94. The van der Waals surface area contributed by atoms with Crippen molar-refractivity contribution in [2.24, 2.45) is 0 Å². The van der Waals surface area contributed by atoms with Gasteiger partial charge in [0.1, 0.15) is 0 Å². The maximum atomic E-state index is 10.4. The van der Waals surface area contributed by atoms with Crippen LogP contribution >= 0.6 is 0 Å². The van der Waals surface area contributed by atoms with E-state index in [-0.39, 0.29) is 4.90 Å². The molecule has 0 heterocycles. The first-order valence-electron chi connectivity index (χ1n) is 2.88. The van der Waals surface area contributed by atoms with E-state index >= 15 is 0 Å². The van der Waals surface area contributed by atoms with Gasteiger partial charge < -0.3 is 0 Å². The van der Waals surface area contributed by atoms with Gasteiger partial charge in [0.05, 0.1) is 16.5 Å². The zero-order valence-corrected chi connectivity index (χ0v) is 6.41. The van der Waals surface area contributed by atoms with Gasteiger partial charge in [-0.3, -0.25) is 0 Å². The summed E-state index contributed by atoms with van der Waals surface area (Å²) in [5.74, 6) is 0. The monoisotopic (exact) mass is 167 g/mol. The van der Waals surface area contributed by atoms with Gasteiger partial charge in [-0.15, -0.1) is 0 Å². The first-order valence-corrected chi connectivity index (χ1v) is 4.06. The van der Waals surface area contributed by atoms with Crippen LogP contribution in [0.25, 0.3) is 0 Å². The first kappa shape index (κ1) is 7.76. The summed E-state index contributed by atoms with van der Waals surface area (Å²) in [5, 5.41) is 8.40. The number of nitrogens with zero attached hydrogens (tertiary/aromatic N) is 1. The number of thiol groups is 1. The standard InChI is InChI=1S/C7H5NO2S/c8-5-6-2-1-3-7(4-6)11(9)10/h1-4,11H. The van der Waals surface area contributed by atoms with Crippen LogP contribution in [0.5, 0.6) is 0 Å². The summed E-state index contributed by atoms with van der Waals surface area (Å²) in [6.45, 7) is 0. The van der Waals surface area contributed by atoms with Crippen molar-refractivity contribution in [1.82, 2.24) is 0 Å². The van der Waals surface area contributed by atoms with Gasteiger partial charge in [-0.2, -0.15) is 5.26 Å². The van der Waals surface area contributed by atoms with E-state index in [1.807, 2.05) is 6.07 Å². The predicted octanol–water partition coefficient (Wildman–Crippen LogP) is 0.529. The van der Waals surface area contributed by atoms with E-state index in [0.29, 0.717) is 5.56 Å². The lowest BCUT2D eigenvalue weighted by Crippen LogP contribution is -1.80. The van der Waals surface area contributed by atoms with E-state index in [1.165, 1.54) is 12.1 Å². The van der Waals surface area contributed by atoms with Crippen LogP contribution in [-0.4, -0.2) is 8.42 Å². The minimum Gasteiger partial charge on any atom is -0.227 e. The summed E-state index contributed by atoms with van der Waals surface area (Å²) < 4.78 is 20.8. The molecule has 0 saturated heterocycles. The van der Waals surface area contributed by atoms with Crippen molar-refractivity contribution in [2.75, 3.05) is 0 Å². The number of rotatable bonds is 1. The zero-order valence-electron chi connectivity index (χ0n) is 5.52. The second-order valence-electron chi connectivity index (χ2n) is 1.92. The number of benzene rings is 1. The Labute approximate surface area is 65.8 Å². The van der Waals surface area contributed by atoms with Crippen molar-refractivity contribution in [3.63, 3.8) is 0 Å². The molecular weight excluding hydrogens is 162 g/mol. The summed E-state index contributed by atoms with van der Waals surface area (Å²) in [5.41, 5.74) is 0.363. The molecular formula is C7H5NO2S. The largest absolute Gasteiger partial charge is 0.227 e. The molecule has 4 heteroatoms. The summed E-state index contributed by atoms with van der Waals surface area (Å²) in [6, 6.07) is 7.74. The third-order valence-electron chi connectivity index (χ3n) is 1.19. The smallest absolute Gasteiger partial charge is 0.168 e. The highest BCUT2D eigenvalue weighted by Crippen LogP contribution is 2.04. The molecule has 3 nitrogen and oxygen atoms in total. The van der Waals surface area contributed by atoms with Gasteiger partial charge in [0.15, 0.2) is 10.7 Å². The molecule has 0 aliphatic rings. The lowest BCUT2D eigenvalue weighted by atomic mass is 10.2. The van der Waals surface area contributed by atoms with Crippen LogP contribution in [0, 0.1) is 11.3 Å². The fraction of sp³-hybridized carbons (Fsp3) is 0. The molecule has 1 aromatic rings. The maximum Gasteiger partial charge on any atom is 0.168 e. The molecule has 0 saturated carbocycles. The maximum absolute atomic E-state index is 10.4. The second kappa shape index (κ2) is 3.17. The molecule has 1 aromatic carbocycles. The number of hydrogen-bond acceptors (Lipinski definition) is 3. The van der Waals surface area contributed by atoms with Crippen LogP contribution < -0.4 is 0 Å². The minimum atomic E-state index is -2.57. The van der Waals surface area contributed by atoms with E-state index in [9.17, 15) is 8.42 Å². The molecule has 0 radical (unpaired) electrons. The van der Waals surface area contributed by atoms with Crippen molar-refractivity contribution in [3.05, 3.63) is 29.8 Å². The molecule has 0 aliphatic carbocycles. The number of nitriles is 1. The quantitative estimate of drug-likeness (QED) is 0.620. The highest BCUT2D eigenvalue weighted by atomic mass is 32.2. The summed E-state index contributed by atoms with van der Waals surface area (Å²) >= 11 is 0. The Morgan fingerprint density at radius 1 is 1.36 bits per heavy atom. The summed E-state index contributed by atoms with van der Waals surface area (Å²) in [6.07, 6.45) is 0. The highest BCUT2D eigenvalue weighted by molar-refractivity contribution is 7.72. The molecule has 0 amide bonds. The first-order chi connectivity index (χ1) is 5.24. The van der Waals surface area contributed by atoms with E-state index in [0.717, 1.165) is 0 Å². The Bertz CT molecular complexity index is 368. The van der Waals surface area contributed by atoms with E-state index < -0.39 is 10.7 Å². The fourth-order valence-electron chi connectivity index (χ4n) is 0.689. The Morgan fingerprint density at radius 3 is 2.64 bits per heavy atom. The number of hydrogen-bond donors (Lipinski definition) is 1. The topological polar surface area (TPSA) is 57.9 Å². The van der Waals surface area contributed by atoms with Gasteiger partial charge >= 0.3 is 0 Å². The van der Waals surface area contributed by atoms with E-state index in [4.69, 9.17) is 5.26 Å². The molecule has 0 fully saturated rings. The third-order valence-corrected chi connectivity index (χ3v) is 1.89. The Kier molecular flexibility index (Phi) is 2.24. The normalized spacial score (nSPS) is 9.45. The van der Waals surface area contributed by atoms with Crippen LogP contribution in [-0.2, 0) is 10.7 Å². The average molecular weight is 167 g/mol. The van der Waals surface area contributed by atoms with Crippen molar-refractivity contribution in [1.29, 1.82) is 5.26 Å². The molecule has 0 N–H and O–H groups in total. The molecule has 56 valence electrons. The van der Waals surface area contributed by atoms with Gasteiger partial charge in [-0.05, 0) is 18.2 Å². The van der Waals surface area contributed by atoms with Crippen LogP contribution in [0.4, 0.5) is 0 Å².